The smallest absolute Gasteiger partial charge is 1.00 e. The number of carbonyl (C=O) groups is 1. The van der Waals surface area contributed by atoms with Gasteiger partial charge in [-0.3, -0.25) is 4.79 Å². The van der Waals surface area contributed by atoms with Gasteiger partial charge >= 0.3 is 18.9 Å². The van der Waals surface area contributed by atoms with Crippen molar-refractivity contribution < 1.29 is 34.6 Å². The molecule has 2 aromatic rings. The maximum absolute atomic E-state index is 12.5. The number of hydrogen-bond acceptors (Lipinski definition) is 3. The Labute approximate surface area is 163 Å². The molecular formula is C18H21ClLiO3P. The molecule has 0 aromatic heterocycles. The molecule has 2 aromatic carbocycles. The summed E-state index contributed by atoms with van der Waals surface area (Å²) < 4.78 is 10.9. The number of carbonyl (C=O) groups excluding carboxylic acids is 1. The molecule has 0 spiro atoms. The van der Waals surface area contributed by atoms with Gasteiger partial charge in [0.2, 0.25) is 0 Å². The molecule has 0 heterocycles. The van der Waals surface area contributed by atoms with Crippen LogP contribution in [-0.2, 0) is 0 Å². The topological polar surface area (TPSA) is 35.5 Å². The molecule has 0 N–H and O–H groups in total. The summed E-state index contributed by atoms with van der Waals surface area (Å²) in [6, 6.07) is 12.8. The van der Waals surface area contributed by atoms with Crippen LogP contribution >= 0.6 is 20.2 Å². The van der Waals surface area contributed by atoms with E-state index in [9.17, 15) is 4.79 Å². The third kappa shape index (κ3) is 5.83. The largest absolute Gasteiger partial charge is 1.00 e. The van der Waals surface area contributed by atoms with Crippen LogP contribution in [0.3, 0.4) is 0 Å². The van der Waals surface area contributed by atoms with E-state index in [1.807, 2.05) is 24.3 Å². The van der Waals surface area contributed by atoms with E-state index in [0.717, 1.165) is 11.1 Å². The van der Waals surface area contributed by atoms with Crippen LogP contribution in [0.15, 0.2) is 42.5 Å². The number of ether oxygens (including phenoxy) is 2. The average molecular weight is 359 g/mol. The second-order valence-corrected chi connectivity index (χ2v) is 7.19. The molecule has 0 fully saturated rings. The number of halogens is 1. The summed E-state index contributed by atoms with van der Waals surface area (Å²) in [6.45, 7) is 4.88. The van der Waals surface area contributed by atoms with Crippen molar-refractivity contribution >= 4 is 31.0 Å². The normalized spacial score (nSPS) is 10.7. The molecule has 0 radical (unpaired) electrons. The molecule has 0 bridgehead atoms. The van der Waals surface area contributed by atoms with E-state index in [-0.39, 0.29) is 34.4 Å². The zero-order valence-electron chi connectivity index (χ0n) is 15.4. The van der Waals surface area contributed by atoms with Gasteiger partial charge < -0.3 is 10.9 Å². The van der Waals surface area contributed by atoms with Crippen molar-refractivity contribution in [3.63, 3.8) is 0 Å². The fourth-order valence-corrected chi connectivity index (χ4v) is 3.30. The molecule has 124 valence electrons. The van der Waals surface area contributed by atoms with Crippen LogP contribution in [0.2, 0.25) is 5.02 Å². The Bertz CT molecular complexity index is 681. The third-order valence-corrected chi connectivity index (χ3v) is 4.53. The average Bonchev–Trinajstić information content (AvgIpc) is 2.53. The Morgan fingerprint density at radius 2 is 1.88 bits per heavy atom. The van der Waals surface area contributed by atoms with Gasteiger partial charge in [0.25, 0.3) is 0 Å². The van der Waals surface area contributed by atoms with Gasteiger partial charge in [0, 0.05) is 0 Å². The molecule has 1 atom stereocenters. The summed E-state index contributed by atoms with van der Waals surface area (Å²) in [7, 11) is 1.52. The minimum atomic E-state index is -0.0386. The minimum absolute atomic E-state index is 0. The van der Waals surface area contributed by atoms with Gasteiger partial charge in [0.1, 0.15) is 11.5 Å². The second-order valence-electron chi connectivity index (χ2n) is 5.50. The van der Waals surface area contributed by atoms with Gasteiger partial charge in [0.15, 0.2) is 5.52 Å². The molecule has 0 aliphatic carbocycles. The predicted molar refractivity (Wildman–Crippen MR) is 98.2 cm³/mol. The molecule has 0 saturated carbocycles. The summed E-state index contributed by atoms with van der Waals surface area (Å²) in [5.74, 6) is 1.80. The quantitative estimate of drug-likeness (QED) is 0.557. The van der Waals surface area contributed by atoms with Gasteiger partial charge in [0.05, 0.1) is 24.3 Å². The van der Waals surface area contributed by atoms with Gasteiger partial charge in [-0.05, 0) is 44.1 Å². The number of rotatable bonds is 7. The Balaban J connectivity index is 0.00000288. The predicted octanol–water partition coefficient (Wildman–Crippen LogP) is 1.64. The van der Waals surface area contributed by atoms with E-state index < -0.39 is 0 Å². The third-order valence-electron chi connectivity index (χ3n) is 3.12. The van der Waals surface area contributed by atoms with Crippen LogP contribution in [-0.4, -0.2) is 19.2 Å². The zero-order valence-corrected chi connectivity index (χ0v) is 16.2. The first-order valence-electron chi connectivity index (χ1n) is 7.38. The first-order chi connectivity index (χ1) is 11.0. The van der Waals surface area contributed by atoms with Crippen molar-refractivity contribution in [3.8, 4) is 11.5 Å². The van der Waals surface area contributed by atoms with E-state index in [4.69, 9.17) is 21.1 Å². The summed E-state index contributed by atoms with van der Waals surface area (Å²) in [5.41, 5.74) is 0.401. The van der Waals surface area contributed by atoms with Crippen LogP contribution in [0.1, 0.15) is 25.6 Å². The molecular weight excluding hydrogens is 338 g/mol. The molecule has 2 rings (SSSR count). The summed E-state index contributed by atoms with van der Waals surface area (Å²) in [5, 5.41) is 1.35. The molecule has 0 aliphatic heterocycles. The van der Waals surface area contributed by atoms with Crippen LogP contribution in [0, 0.1) is 5.92 Å². The van der Waals surface area contributed by atoms with Crippen molar-refractivity contribution in [2.45, 2.75) is 13.8 Å². The second kappa shape index (κ2) is 10.1. The fraction of sp³-hybridized carbons (Fsp3) is 0.278. The summed E-state index contributed by atoms with van der Waals surface area (Å²) in [6.07, 6.45) is 0. The van der Waals surface area contributed by atoms with Crippen molar-refractivity contribution in [3.05, 3.63) is 53.1 Å². The molecule has 0 aliphatic rings. The Morgan fingerprint density at radius 1 is 1.21 bits per heavy atom. The van der Waals surface area contributed by atoms with Crippen molar-refractivity contribution in [2.75, 3.05) is 13.7 Å². The molecule has 3 nitrogen and oxygen atoms in total. The monoisotopic (exact) mass is 358 g/mol. The van der Waals surface area contributed by atoms with E-state index in [2.05, 4.69) is 13.8 Å². The van der Waals surface area contributed by atoms with Crippen molar-refractivity contribution in [1.82, 2.24) is 0 Å². The Morgan fingerprint density at radius 3 is 2.46 bits per heavy atom. The van der Waals surface area contributed by atoms with Gasteiger partial charge in [-0.25, -0.2) is 0 Å². The molecule has 1 unspecified atom stereocenters. The van der Waals surface area contributed by atoms with E-state index >= 15 is 0 Å². The number of benzene rings is 2. The number of hydrogen-bond donors (Lipinski definition) is 0. The van der Waals surface area contributed by atoms with Crippen LogP contribution in [0.25, 0.3) is 0 Å². The van der Waals surface area contributed by atoms with Crippen molar-refractivity contribution in [1.29, 1.82) is 0 Å². The first kappa shape index (κ1) is 21.1. The molecule has 0 saturated heterocycles. The van der Waals surface area contributed by atoms with Gasteiger partial charge in [-0.2, -0.15) is 0 Å². The fourth-order valence-electron chi connectivity index (χ4n) is 1.99. The molecule has 24 heavy (non-hydrogen) atoms. The van der Waals surface area contributed by atoms with E-state index in [1.165, 1.54) is 7.11 Å². The van der Waals surface area contributed by atoms with Crippen molar-refractivity contribution in [2.24, 2.45) is 5.92 Å². The molecule has 6 heteroatoms. The summed E-state index contributed by atoms with van der Waals surface area (Å²) >= 11 is 6.15. The Hall–Kier alpha value is -0.973. The molecule has 0 amide bonds. The number of methoxy groups -OCH3 is 1. The first-order valence-corrected chi connectivity index (χ1v) is 8.75. The van der Waals surface area contributed by atoms with Gasteiger partial charge in [-0.1, -0.05) is 43.6 Å². The van der Waals surface area contributed by atoms with E-state index in [0.29, 0.717) is 28.9 Å². The zero-order chi connectivity index (χ0) is 16.8. The SMILES string of the molecule is COc1cccc(Cl)c1C(=O)Pc1ccc(OCC(C)C)cc1.[H-].[Li+]. The summed E-state index contributed by atoms with van der Waals surface area (Å²) in [4.78, 5) is 12.5. The van der Waals surface area contributed by atoms with Crippen LogP contribution in [0.5, 0.6) is 11.5 Å². The van der Waals surface area contributed by atoms with E-state index in [1.54, 1.807) is 18.2 Å². The Kier molecular flexibility index (Phi) is 8.88. The minimum Gasteiger partial charge on any atom is -1.00 e. The standard InChI is InChI=1S/C18H20ClO3P.Li.H/c1-12(2)11-22-13-7-9-14(10-8-13)23-18(20)17-15(19)5-4-6-16(17)21-3;;/h4-10,12,23H,11H2,1-3H3;;/q;+1;-1. The van der Waals surface area contributed by atoms with Crippen LogP contribution in [0.4, 0.5) is 0 Å². The van der Waals surface area contributed by atoms with Crippen LogP contribution < -0.4 is 33.6 Å². The van der Waals surface area contributed by atoms with Gasteiger partial charge in [-0.15, -0.1) is 0 Å². The maximum atomic E-state index is 12.5. The maximum Gasteiger partial charge on any atom is 1.00 e.